The minimum atomic E-state index is -2.56. The third-order valence-corrected chi connectivity index (χ3v) is 2.91. The fourth-order valence-electron chi connectivity index (χ4n) is 2.11. The van der Waals surface area contributed by atoms with Gasteiger partial charge in [-0.1, -0.05) is 0 Å². The molecule has 0 atom stereocenters. The van der Waals surface area contributed by atoms with Gasteiger partial charge < -0.3 is 9.64 Å². The standard InChI is InChI=1S/C13H17F2NO/c1-2-17-12-6-4-11(5-7-12)16-9-3-8-13(14,15)10-16/h4-7H,2-3,8-10H2,1H3. The second kappa shape index (κ2) is 4.90. The molecule has 1 aromatic carbocycles. The Morgan fingerprint density at radius 1 is 1.29 bits per heavy atom. The molecule has 2 nitrogen and oxygen atoms in total. The van der Waals surface area contributed by atoms with Crippen molar-refractivity contribution in [3.05, 3.63) is 24.3 Å². The minimum absolute atomic E-state index is 0.000525. The lowest BCUT2D eigenvalue weighted by molar-refractivity contribution is -0.0116. The van der Waals surface area contributed by atoms with E-state index in [4.69, 9.17) is 4.74 Å². The molecule has 0 amide bonds. The normalized spacial score (nSPS) is 19.1. The Labute approximate surface area is 100 Å². The van der Waals surface area contributed by atoms with Crippen molar-refractivity contribution in [3.8, 4) is 5.75 Å². The minimum Gasteiger partial charge on any atom is -0.494 e. The van der Waals surface area contributed by atoms with E-state index in [0.717, 1.165) is 11.4 Å². The van der Waals surface area contributed by atoms with Gasteiger partial charge in [-0.2, -0.15) is 0 Å². The van der Waals surface area contributed by atoms with Gasteiger partial charge in [0.05, 0.1) is 13.2 Å². The van der Waals surface area contributed by atoms with E-state index in [1.54, 1.807) is 4.90 Å². The molecule has 0 radical (unpaired) electrons. The van der Waals surface area contributed by atoms with E-state index in [-0.39, 0.29) is 13.0 Å². The predicted octanol–water partition coefficient (Wildman–Crippen LogP) is 3.32. The molecular formula is C13H17F2NO. The van der Waals surface area contributed by atoms with Gasteiger partial charge in [-0.25, -0.2) is 8.78 Å². The smallest absolute Gasteiger partial charge is 0.265 e. The summed E-state index contributed by atoms with van der Waals surface area (Å²) < 4.78 is 31.9. The molecule has 1 saturated heterocycles. The molecule has 94 valence electrons. The number of ether oxygens (including phenoxy) is 1. The molecular weight excluding hydrogens is 224 g/mol. The van der Waals surface area contributed by atoms with Crippen LogP contribution in [0.25, 0.3) is 0 Å². The second-order valence-electron chi connectivity index (χ2n) is 4.31. The summed E-state index contributed by atoms with van der Waals surface area (Å²) in [5.41, 5.74) is 0.841. The summed E-state index contributed by atoms with van der Waals surface area (Å²) in [6, 6.07) is 7.33. The van der Waals surface area contributed by atoms with Crippen molar-refractivity contribution >= 4 is 5.69 Å². The molecule has 0 unspecified atom stereocenters. The lowest BCUT2D eigenvalue weighted by atomic mass is 10.1. The Kier molecular flexibility index (Phi) is 3.50. The van der Waals surface area contributed by atoms with E-state index in [0.29, 0.717) is 19.6 Å². The van der Waals surface area contributed by atoms with Crippen molar-refractivity contribution in [3.63, 3.8) is 0 Å². The zero-order chi connectivity index (χ0) is 12.3. The fraction of sp³-hybridized carbons (Fsp3) is 0.538. The van der Waals surface area contributed by atoms with Crippen molar-refractivity contribution < 1.29 is 13.5 Å². The van der Waals surface area contributed by atoms with E-state index in [1.807, 2.05) is 31.2 Å². The molecule has 1 aliphatic heterocycles. The van der Waals surface area contributed by atoms with Crippen LogP contribution in [0.3, 0.4) is 0 Å². The molecule has 0 saturated carbocycles. The van der Waals surface area contributed by atoms with Crippen LogP contribution in [-0.4, -0.2) is 25.6 Å². The van der Waals surface area contributed by atoms with Crippen LogP contribution in [0.5, 0.6) is 5.75 Å². The average molecular weight is 241 g/mol. The van der Waals surface area contributed by atoms with E-state index in [1.165, 1.54) is 0 Å². The van der Waals surface area contributed by atoms with Crippen molar-refractivity contribution in [1.29, 1.82) is 0 Å². The summed E-state index contributed by atoms with van der Waals surface area (Å²) in [6.07, 6.45) is 0.542. The quantitative estimate of drug-likeness (QED) is 0.805. The molecule has 1 fully saturated rings. The van der Waals surface area contributed by atoms with Crippen LogP contribution in [0.1, 0.15) is 19.8 Å². The van der Waals surface area contributed by atoms with Gasteiger partial charge in [0.15, 0.2) is 0 Å². The lowest BCUT2D eigenvalue weighted by Gasteiger charge is -2.34. The highest BCUT2D eigenvalue weighted by Gasteiger charge is 2.35. The van der Waals surface area contributed by atoms with Crippen LogP contribution in [0, 0.1) is 0 Å². The highest BCUT2D eigenvalue weighted by Crippen LogP contribution is 2.30. The molecule has 1 heterocycles. The van der Waals surface area contributed by atoms with Crippen LogP contribution in [0.4, 0.5) is 14.5 Å². The number of anilines is 1. The molecule has 2 rings (SSSR count). The molecule has 4 heteroatoms. The van der Waals surface area contributed by atoms with Crippen LogP contribution in [-0.2, 0) is 0 Å². The Hall–Kier alpha value is -1.32. The zero-order valence-electron chi connectivity index (χ0n) is 9.96. The van der Waals surface area contributed by atoms with Gasteiger partial charge in [0.1, 0.15) is 5.75 Å². The molecule has 17 heavy (non-hydrogen) atoms. The maximum atomic E-state index is 13.3. The third-order valence-electron chi connectivity index (χ3n) is 2.91. The molecule has 1 aliphatic rings. The largest absolute Gasteiger partial charge is 0.494 e. The number of rotatable bonds is 3. The molecule has 0 spiro atoms. The number of benzene rings is 1. The lowest BCUT2D eigenvalue weighted by Crippen LogP contribution is -2.42. The maximum absolute atomic E-state index is 13.3. The van der Waals surface area contributed by atoms with Gasteiger partial charge in [0.25, 0.3) is 5.92 Å². The molecule has 1 aromatic rings. The maximum Gasteiger partial charge on any atom is 0.265 e. The van der Waals surface area contributed by atoms with Gasteiger partial charge >= 0.3 is 0 Å². The van der Waals surface area contributed by atoms with Crippen LogP contribution >= 0.6 is 0 Å². The first-order valence-corrected chi connectivity index (χ1v) is 5.96. The van der Waals surface area contributed by atoms with Crippen molar-refractivity contribution in [2.24, 2.45) is 0 Å². The van der Waals surface area contributed by atoms with Crippen molar-refractivity contribution in [2.75, 3.05) is 24.6 Å². The van der Waals surface area contributed by atoms with E-state index in [2.05, 4.69) is 0 Å². The van der Waals surface area contributed by atoms with Gasteiger partial charge in [-0.15, -0.1) is 0 Å². The Bertz CT molecular complexity index is 364. The second-order valence-corrected chi connectivity index (χ2v) is 4.31. The Morgan fingerprint density at radius 2 is 2.00 bits per heavy atom. The van der Waals surface area contributed by atoms with Crippen molar-refractivity contribution in [1.82, 2.24) is 0 Å². The fourth-order valence-corrected chi connectivity index (χ4v) is 2.11. The summed E-state index contributed by atoms with van der Waals surface area (Å²) in [5.74, 6) is -1.78. The number of nitrogens with zero attached hydrogens (tertiary/aromatic N) is 1. The number of halogens is 2. The van der Waals surface area contributed by atoms with E-state index >= 15 is 0 Å². The molecule has 0 bridgehead atoms. The SMILES string of the molecule is CCOc1ccc(N2CCCC(F)(F)C2)cc1. The number of alkyl halides is 2. The van der Waals surface area contributed by atoms with E-state index in [9.17, 15) is 8.78 Å². The van der Waals surface area contributed by atoms with Gasteiger partial charge in [-0.3, -0.25) is 0 Å². The van der Waals surface area contributed by atoms with Crippen LogP contribution in [0.2, 0.25) is 0 Å². The summed E-state index contributed by atoms with van der Waals surface area (Å²) in [4.78, 5) is 1.74. The summed E-state index contributed by atoms with van der Waals surface area (Å²) in [5, 5.41) is 0. The number of hydrogen-bond acceptors (Lipinski definition) is 2. The first kappa shape index (κ1) is 12.1. The van der Waals surface area contributed by atoms with Gasteiger partial charge in [0, 0.05) is 18.7 Å². The summed E-state index contributed by atoms with van der Waals surface area (Å²) >= 11 is 0. The molecule has 0 aromatic heterocycles. The number of piperidine rings is 1. The predicted molar refractivity (Wildman–Crippen MR) is 64.0 cm³/mol. The topological polar surface area (TPSA) is 12.5 Å². The average Bonchev–Trinajstić information content (AvgIpc) is 2.29. The zero-order valence-corrected chi connectivity index (χ0v) is 9.96. The van der Waals surface area contributed by atoms with Gasteiger partial charge in [-0.05, 0) is 37.6 Å². The van der Waals surface area contributed by atoms with Crippen LogP contribution < -0.4 is 9.64 Å². The van der Waals surface area contributed by atoms with Gasteiger partial charge in [0.2, 0.25) is 0 Å². The van der Waals surface area contributed by atoms with E-state index < -0.39 is 5.92 Å². The summed E-state index contributed by atoms with van der Waals surface area (Å²) in [7, 11) is 0. The molecule has 0 N–H and O–H groups in total. The monoisotopic (exact) mass is 241 g/mol. The third kappa shape index (κ3) is 3.08. The summed E-state index contributed by atoms with van der Waals surface area (Å²) in [6.45, 7) is 3.05. The Balaban J connectivity index is 2.06. The van der Waals surface area contributed by atoms with Crippen molar-refractivity contribution in [2.45, 2.75) is 25.7 Å². The number of hydrogen-bond donors (Lipinski definition) is 0. The first-order valence-electron chi connectivity index (χ1n) is 5.96. The molecule has 0 aliphatic carbocycles. The highest BCUT2D eigenvalue weighted by molar-refractivity contribution is 5.49. The highest BCUT2D eigenvalue weighted by atomic mass is 19.3. The first-order chi connectivity index (χ1) is 8.11. The van der Waals surface area contributed by atoms with Crippen LogP contribution in [0.15, 0.2) is 24.3 Å². The Morgan fingerprint density at radius 3 is 2.59 bits per heavy atom.